The fourth-order valence-corrected chi connectivity index (χ4v) is 5.44. The number of piperidine rings is 3. The highest BCUT2D eigenvalue weighted by Gasteiger charge is 2.54. The molecule has 4 saturated heterocycles. The van der Waals surface area contributed by atoms with Crippen molar-refractivity contribution in [2.75, 3.05) is 26.2 Å². The molecule has 2 aromatic carbocycles. The number of hydrogen-bond donors (Lipinski definition) is 0. The Bertz CT molecular complexity index is 787. The SMILES string of the molecule is O=C(COc1ccccc1)N1C[C@H](c2ccccc2)[C@H]2[C@@H]1C1CCN2CC1. The van der Waals surface area contributed by atoms with Crippen LogP contribution in [0, 0.1) is 5.92 Å². The van der Waals surface area contributed by atoms with Crippen molar-refractivity contribution in [3.05, 3.63) is 66.2 Å². The van der Waals surface area contributed by atoms with Crippen LogP contribution in [0.25, 0.3) is 0 Å². The number of carbonyl (C=O) groups excluding carboxylic acids is 1. The molecule has 27 heavy (non-hydrogen) atoms. The standard InChI is InChI=1S/C23H26N2O2/c26-21(16-27-19-9-5-2-6-10-19)25-15-20(17-7-3-1-4-8-17)23-22(25)18-11-13-24(23)14-12-18/h1-10,18,20,22-23H,11-16H2/t20-,22+,23+/m1/s1. The van der Waals surface area contributed by atoms with Crippen LogP contribution >= 0.6 is 0 Å². The highest BCUT2D eigenvalue weighted by Crippen LogP contribution is 2.46. The van der Waals surface area contributed by atoms with Crippen molar-refractivity contribution < 1.29 is 9.53 Å². The summed E-state index contributed by atoms with van der Waals surface area (Å²) in [6.45, 7) is 3.29. The van der Waals surface area contributed by atoms with Crippen LogP contribution in [0.15, 0.2) is 60.7 Å². The second-order valence-corrected chi connectivity index (χ2v) is 8.02. The van der Waals surface area contributed by atoms with Crippen molar-refractivity contribution in [3.63, 3.8) is 0 Å². The van der Waals surface area contributed by atoms with E-state index in [0.717, 1.165) is 12.3 Å². The van der Waals surface area contributed by atoms with Crippen molar-refractivity contribution >= 4 is 5.91 Å². The van der Waals surface area contributed by atoms with Crippen LogP contribution in [0.1, 0.15) is 24.3 Å². The van der Waals surface area contributed by atoms with Crippen molar-refractivity contribution in [3.8, 4) is 5.75 Å². The first kappa shape index (κ1) is 16.8. The van der Waals surface area contributed by atoms with Crippen LogP contribution in [-0.4, -0.2) is 54.0 Å². The van der Waals surface area contributed by atoms with E-state index in [1.165, 1.54) is 31.5 Å². The molecular weight excluding hydrogens is 336 g/mol. The monoisotopic (exact) mass is 362 g/mol. The van der Waals surface area contributed by atoms with E-state index in [9.17, 15) is 4.79 Å². The van der Waals surface area contributed by atoms with Gasteiger partial charge in [0.1, 0.15) is 5.75 Å². The average Bonchev–Trinajstić information content (AvgIpc) is 3.17. The van der Waals surface area contributed by atoms with Gasteiger partial charge in [0, 0.05) is 18.5 Å². The number of ether oxygens (including phenoxy) is 1. The molecule has 140 valence electrons. The third-order valence-corrected chi connectivity index (χ3v) is 6.65. The molecule has 6 rings (SSSR count). The largest absolute Gasteiger partial charge is 0.484 e. The molecule has 0 saturated carbocycles. The molecule has 1 amide bonds. The Hall–Kier alpha value is -2.33. The first-order valence-electron chi connectivity index (χ1n) is 10.1. The zero-order valence-electron chi connectivity index (χ0n) is 15.5. The molecule has 2 bridgehead atoms. The lowest BCUT2D eigenvalue weighted by Gasteiger charge is -2.51. The Morgan fingerprint density at radius 2 is 1.59 bits per heavy atom. The Kier molecular flexibility index (Phi) is 4.36. The molecule has 4 aliphatic rings. The van der Waals surface area contributed by atoms with E-state index in [1.54, 1.807) is 0 Å². The lowest BCUT2D eigenvalue weighted by Crippen LogP contribution is -2.61. The first-order valence-corrected chi connectivity index (χ1v) is 10.1. The summed E-state index contributed by atoms with van der Waals surface area (Å²) in [5, 5.41) is 0. The molecule has 4 nitrogen and oxygen atoms in total. The maximum Gasteiger partial charge on any atom is 0.260 e. The van der Waals surface area contributed by atoms with E-state index in [1.807, 2.05) is 30.3 Å². The van der Waals surface area contributed by atoms with E-state index < -0.39 is 0 Å². The van der Waals surface area contributed by atoms with E-state index in [2.05, 4.69) is 40.1 Å². The van der Waals surface area contributed by atoms with Crippen molar-refractivity contribution in [2.45, 2.75) is 30.8 Å². The molecule has 3 atom stereocenters. The summed E-state index contributed by atoms with van der Waals surface area (Å²) >= 11 is 0. The number of fused-ring (bicyclic) bond motifs is 2. The Morgan fingerprint density at radius 3 is 2.30 bits per heavy atom. The number of carbonyl (C=O) groups is 1. The molecule has 4 heteroatoms. The second-order valence-electron chi connectivity index (χ2n) is 8.02. The summed E-state index contributed by atoms with van der Waals surface area (Å²) < 4.78 is 5.78. The third kappa shape index (κ3) is 3.02. The number of rotatable bonds is 4. The number of nitrogens with zero attached hydrogens (tertiary/aromatic N) is 2. The molecule has 0 N–H and O–H groups in total. The summed E-state index contributed by atoms with van der Waals surface area (Å²) in [6, 6.07) is 21.2. The van der Waals surface area contributed by atoms with Crippen molar-refractivity contribution in [1.82, 2.24) is 9.80 Å². The van der Waals surface area contributed by atoms with E-state index in [-0.39, 0.29) is 12.5 Å². The van der Waals surface area contributed by atoms with Gasteiger partial charge in [0.05, 0.1) is 6.04 Å². The van der Waals surface area contributed by atoms with Gasteiger partial charge in [-0.05, 0) is 49.5 Å². The van der Waals surface area contributed by atoms with Gasteiger partial charge in [-0.2, -0.15) is 0 Å². The molecule has 0 aromatic heterocycles. The van der Waals surface area contributed by atoms with Crippen molar-refractivity contribution in [1.29, 1.82) is 0 Å². The van der Waals surface area contributed by atoms with Gasteiger partial charge in [-0.1, -0.05) is 48.5 Å². The number of para-hydroxylation sites is 1. The van der Waals surface area contributed by atoms with Crippen LogP contribution in [-0.2, 0) is 4.79 Å². The minimum absolute atomic E-state index is 0.126. The minimum Gasteiger partial charge on any atom is -0.484 e. The van der Waals surface area contributed by atoms with Gasteiger partial charge in [0.15, 0.2) is 6.61 Å². The fourth-order valence-electron chi connectivity index (χ4n) is 5.44. The zero-order chi connectivity index (χ0) is 18.2. The van der Waals surface area contributed by atoms with Crippen LogP contribution in [0.4, 0.5) is 0 Å². The lowest BCUT2D eigenvalue weighted by molar-refractivity contribution is -0.138. The Labute approximate surface area is 160 Å². The molecule has 0 aliphatic carbocycles. The van der Waals surface area contributed by atoms with Crippen LogP contribution in [0.2, 0.25) is 0 Å². The molecule has 4 fully saturated rings. The van der Waals surface area contributed by atoms with Gasteiger partial charge in [-0.25, -0.2) is 0 Å². The maximum atomic E-state index is 13.1. The quantitative estimate of drug-likeness (QED) is 0.838. The van der Waals surface area contributed by atoms with E-state index >= 15 is 0 Å². The van der Waals surface area contributed by atoms with E-state index in [0.29, 0.717) is 23.9 Å². The number of likely N-dealkylation sites (tertiary alicyclic amines) is 1. The average molecular weight is 362 g/mol. The molecule has 4 heterocycles. The predicted molar refractivity (Wildman–Crippen MR) is 105 cm³/mol. The zero-order valence-corrected chi connectivity index (χ0v) is 15.5. The Balaban J connectivity index is 1.38. The van der Waals surface area contributed by atoms with Gasteiger partial charge in [-0.3, -0.25) is 9.69 Å². The lowest BCUT2D eigenvalue weighted by atomic mass is 9.75. The molecular formula is C23H26N2O2. The summed E-state index contributed by atoms with van der Waals surface area (Å²) in [5.74, 6) is 1.92. The highest BCUT2D eigenvalue weighted by molar-refractivity contribution is 5.79. The smallest absolute Gasteiger partial charge is 0.260 e. The molecule has 4 aliphatic heterocycles. The summed E-state index contributed by atoms with van der Waals surface area (Å²) in [4.78, 5) is 17.9. The third-order valence-electron chi connectivity index (χ3n) is 6.65. The summed E-state index contributed by atoms with van der Waals surface area (Å²) in [5.41, 5.74) is 1.36. The predicted octanol–water partition coefficient (Wildman–Crippen LogP) is 3.15. The van der Waals surface area contributed by atoms with Gasteiger partial charge in [0.25, 0.3) is 5.91 Å². The molecule has 0 spiro atoms. The molecule has 2 aromatic rings. The van der Waals surface area contributed by atoms with Crippen LogP contribution < -0.4 is 4.74 Å². The summed E-state index contributed by atoms with van der Waals surface area (Å²) in [6.07, 6.45) is 2.43. The number of benzene rings is 2. The van der Waals surface area contributed by atoms with Gasteiger partial charge >= 0.3 is 0 Å². The normalized spacial score (nSPS) is 31.6. The number of amides is 1. The van der Waals surface area contributed by atoms with Crippen LogP contribution in [0.3, 0.4) is 0 Å². The van der Waals surface area contributed by atoms with Crippen LogP contribution in [0.5, 0.6) is 5.75 Å². The van der Waals surface area contributed by atoms with E-state index in [4.69, 9.17) is 4.74 Å². The first-order chi connectivity index (χ1) is 13.3. The van der Waals surface area contributed by atoms with Gasteiger partial charge in [0.2, 0.25) is 0 Å². The fraction of sp³-hybridized carbons (Fsp3) is 0.435. The van der Waals surface area contributed by atoms with Gasteiger partial charge in [-0.15, -0.1) is 0 Å². The van der Waals surface area contributed by atoms with Gasteiger partial charge < -0.3 is 9.64 Å². The molecule has 0 radical (unpaired) electrons. The summed E-state index contributed by atoms with van der Waals surface area (Å²) in [7, 11) is 0. The van der Waals surface area contributed by atoms with Crippen molar-refractivity contribution in [2.24, 2.45) is 5.92 Å². The maximum absolute atomic E-state index is 13.1. The number of hydrogen-bond acceptors (Lipinski definition) is 3. The Morgan fingerprint density at radius 1 is 0.926 bits per heavy atom. The second kappa shape index (κ2) is 7.01. The highest BCUT2D eigenvalue weighted by atomic mass is 16.5. The topological polar surface area (TPSA) is 32.8 Å². The minimum atomic E-state index is 0.126. The molecule has 0 unspecified atom stereocenters.